The zero-order chi connectivity index (χ0) is 15.6. The molecule has 0 saturated heterocycles. The van der Waals surface area contributed by atoms with E-state index in [0.29, 0.717) is 13.0 Å². The van der Waals surface area contributed by atoms with E-state index in [1.807, 2.05) is 31.2 Å². The molecule has 0 amide bonds. The zero-order valence-corrected chi connectivity index (χ0v) is 13.1. The number of aliphatic hydroxyl groups is 1. The Balaban J connectivity index is 2.31. The molecule has 4 nitrogen and oxygen atoms in total. The van der Waals surface area contributed by atoms with Gasteiger partial charge in [0.05, 0.1) is 12.7 Å². The van der Waals surface area contributed by atoms with Gasteiger partial charge in [0.15, 0.2) is 0 Å². The summed E-state index contributed by atoms with van der Waals surface area (Å²) in [5.41, 5.74) is 0.635. The second kappa shape index (κ2) is 9.38. The number of ether oxygens (including phenoxy) is 1. The van der Waals surface area contributed by atoms with Gasteiger partial charge in [-0.15, -0.1) is 0 Å². The summed E-state index contributed by atoms with van der Waals surface area (Å²) in [4.78, 5) is 0. The summed E-state index contributed by atoms with van der Waals surface area (Å²) in [6.45, 7) is 5.65. The molecule has 1 aromatic rings. The van der Waals surface area contributed by atoms with Gasteiger partial charge in [-0.2, -0.15) is 5.26 Å². The highest BCUT2D eigenvalue weighted by Gasteiger charge is 2.21. The Bertz CT molecular complexity index is 439. The lowest BCUT2D eigenvalue weighted by Crippen LogP contribution is -2.41. The van der Waals surface area contributed by atoms with Gasteiger partial charge in [-0.05, 0) is 56.8 Å². The van der Waals surface area contributed by atoms with Gasteiger partial charge in [0.1, 0.15) is 11.3 Å². The summed E-state index contributed by atoms with van der Waals surface area (Å²) in [5, 5.41) is 21.4. The quantitative estimate of drug-likeness (QED) is 0.650. The molecule has 1 rings (SSSR count). The summed E-state index contributed by atoms with van der Waals surface area (Å²) in [6.07, 6.45) is 3.29. The Morgan fingerprint density at radius 1 is 1.33 bits per heavy atom. The van der Waals surface area contributed by atoms with Crippen molar-refractivity contribution in [1.29, 1.82) is 5.26 Å². The van der Waals surface area contributed by atoms with E-state index in [-0.39, 0.29) is 6.61 Å². The van der Waals surface area contributed by atoms with Crippen LogP contribution in [-0.4, -0.2) is 30.4 Å². The molecule has 1 aromatic carbocycles. The number of hydrogen-bond donors (Lipinski definition) is 2. The molecule has 2 N–H and O–H groups in total. The Labute approximate surface area is 127 Å². The predicted octanol–water partition coefficient (Wildman–Crippen LogP) is 2.66. The molecule has 4 heteroatoms. The molecule has 1 atom stereocenters. The topological polar surface area (TPSA) is 65.3 Å². The first-order chi connectivity index (χ1) is 10.1. The second-order valence-corrected chi connectivity index (χ2v) is 5.44. The normalized spacial score (nSPS) is 13.4. The number of nitrogens with one attached hydrogen (secondary N) is 1. The number of nitrogens with zero attached hydrogens (tertiary/aromatic N) is 1. The molecule has 0 radical (unpaired) electrons. The van der Waals surface area contributed by atoms with E-state index in [1.54, 1.807) is 0 Å². The molecule has 0 aliphatic heterocycles. The number of rotatable bonds is 10. The Morgan fingerprint density at radius 3 is 2.62 bits per heavy atom. The van der Waals surface area contributed by atoms with Crippen LogP contribution in [0.4, 0.5) is 0 Å². The molecule has 0 heterocycles. The van der Waals surface area contributed by atoms with Crippen LogP contribution in [0.25, 0.3) is 0 Å². The summed E-state index contributed by atoms with van der Waals surface area (Å²) >= 11 is 0. The third-order valence-electron chi connectivity index (χ3n) is 3.43. The molecular weight excluding hydrogens is 264 g/mol. The molecule has 0 aliphatic carbocycles. The highest BCUT2D eigenvalue weighted by molar-refractivity contribution is 5.27. The first-order valence-electron chi connectivity index (χ1n) is 7.62. The van der Waals surface area contributed by atoms with E-state index in [9.17, 15) is 5.26 Å². The van der Waals surface area contributed by atoms with Crippen molar-refractivity contribution in [2.45, 2.75) is 45.1 Å². The third kappa shape index (κ3) is 6.61. The second-order valence-electron chi connectivity index (χ2n) is 5.44. The number of benzene rings is 1. The average molecular weight is 290 g/mol. The van der Waals surface area contributed by atoms with Crippen LogP contribution in [0.1, 0.15) is 38.7 Å². The maximum Gasteiger partial charge on any atom is 0.119 e. The lowest BCUT2D eigenvalue weighted by molar-refractivity contribution is 0.285. The minimum absolute atomic E-state index is 0.164. The van der Waals surface area contributed by atoms with Crippen LogP contribution in [0.3, 0.4) is 0 Å². The zero-order valence-electron chi connectivity index (χ0n) is 13.1. The fraction of sp³-hybridized carbons (Fsp3) is 0.588. The maximum absolute atomic E-state index is 9.24. The minimum Gasteiger partial charge on any atom is -0.494 e. The maximum atomic E-state index is 9.24. The van der Waals surface area contributed by atoms with Gasteiger partial charge < -0.3 is 9.84 Å². The van der Waals surface area contributed by atoms with Crippen molar-refractivity contribution >= 4 is 0 Å². The highest BCUT2D eigenvalue weighted by atomic mass is 16.5. The van der Waals surface area contributed by atoms with Gasteiger partial charge >= 0.3 is 0 Å². The van der Waals surface area contributed by atoms with Gasteiger partial charge in [-0.1, -0.05) is 19.1 Å². The van der Waals surface area contributed by atoms with Crippen molar-refractivity contribution in [1.82, 2.24) is 5.32 Å². The van der Waals surface area contributed by atoms with Crippen LogP contribution in [-0.2, 0) is 6.42 Å². The lowest BCUT2D eigenvalue weighted by atomic mass is 9.98. The summed E-state index contributed by atoms with van der Waals surface area (Å²) in [6, 6.07) is 10.1. The van der Waals surface area contributed by atoms with Gasteiger partial charge in [-0.3, -0.25) is 5.32 Å². The van der Waals surface area contributed by atoms with Gasteiger partial charge in [-0.25, -0.2) is 0 Å². The van der Waals surface area contributed by atoms with Crippen molar-refractivity contribution in [3.8, 4) is 11.8 Å². The van der Waals surface area contributed by atoms with Crippen LogP contribution < -0.4 is 10.1 Å². The van der Waals surface area contributed by atoms with E-state index in [0.717, 1.165) is 37.1 Å². The Kier molecular flexibility index (Phi) is 7.81. The van der Waals surface area contributed by atoms with Crippen molar-refractivity contribution < 1.29 is 9.84 Å². The molecule has 0 aliphatic rings. The van der Waals surface area contributed by atoms with Crippen LogP contribution in [0.5, 0.6) is 5.75 Å². The van der Waals surface area contributed by atoms with Crippen molar-refractivity contribution in [3.05, 3.63) is 29.8 Å². The van der Waals surface area contributed by atoms with Crippen LogP contribution in [0, 0.1) is 11.3 Å². The third-order valence-corrected chi connectivity index (χ3v) is 3.43. The Morgan fingerprint density at radius 2 is 2.05 bits per heavy atom. The van der Waals surface area contributed by atoms with Crippen LogP contribution in [0.15, 0.2) is 24.3 Å². The monoisotopic (exact) mass is 290 g/mol. The molecule has 0 saturated carbocycles. The number of nitriles is 1. The molecule has 0 spiro atoms. The van der Waals surface area contributed by atoms with Crippen molar-refractivity contribution in [2.24, 2.45) is 0 Å². The predicted molar refractivity (Wildman–Crippen MR) is 84.3 cm³/mol. The minimum atomic E-state index is -0.468. The van der Waals surface area contributed by atoms with E-state index < -0.39 is 5.54 Å². The summed E-state index contributed by atoms with van der Waals surface area (Å²) in [5.74, 6) is 0.830. The number of aliphatic hydroxyl groups excluding tert-OH is 1. The van der Waals surface area contributed by atoms with E-state index in [4.69, 9.17) is 9.84 Å². The first-order valence-corrected chi connectivity index (χ1v) is 7.62. The molecule has 1 unspecified atom stereocenters. The summed E-state index contributed by atoms with van der Waals surface area (Å²) in [7, 11) is 0. The largest absolute Gasteiger partial charge is 0.494 e. The standard InChI is InChI=1S/C17H26N2O2/c1-3-11-19-17(2,14-18)10-4-13-21-16-7-5-15(6-8-16)9-12-20/h5-8,19-20H,3-4,9-13H2,1-2H3. The fourth-order valence-corrected chi connectivity index (χ4v) is 2.08. The van der Waals surface area contributed by atoms with E-state index in [2.05, 4.69) is 18.3 Å². The average Bonchev–Trinajstić information content (AvgIpc) is 2.51. The molecule has 0 bridgehead atoms. The van der Waals surface area contributed by atoms with E-state index >= 15 is 0 Å². The Hall–Kier alpha value is -1.57. The van der Waals surface area contributed by atoms with Gasteiger partial charge in [0, 0.05) is 6.61 Å². The molecule has 21 heavy (non-hydrogen) atoms. The SMILES string of the molecule is CCCNC(C)(C#N)CCCOc1ccc(CCO)cc1. The van der Waals surface area contributed by atoms with Crippen molar-refractivity contribution in [2.75, 3.05) is 19.8 Å². The molecule has 0 fully saturated rings. The van der Waals surface area contributed by atoms with E-state index in [1.165, 1.54) is 0 Å². The first kappa shape index (κ1) is 17.5. The number of hydrogen-bond acceptors (Lipinski definition) is 4. The van der Waals surface area contributed by atoms with Gasteiger partial charge in [0.25, 0.3) is 0 Å². The highest BCUT2D eigenvalue weighted by Crippen LogP contribution is 2.15. The van der Waals surface area contributed by atoms with Crippen LogP contribution in [0.2, 0.25) is 0 Å². The van der Waals surface area contributed by atoms with Crippen LogP contribution >= 0.6 is 0 Å². The molecular formula is C17H26N2O2. The lowest BCUT2D eigenvalue weighted by Gasteiger charge is -2.23. The van der Waals surface area contributed by atoms with Gasteiger partial charge in [0.2, 0.25) is 0 Å². The molecule has 0 aromatic heterocycles. The van der Waals surface area contributed by atoms with Crippen molar-refractivity contribution in [3.63, 3.8) is 0 Å². The smallest absolute Gasteiger partial charge is 0.119 e. The molecule has 116 valence electrons. The fourth-order valence-electron chi connectivity index (χ4n) is 2.08. The summed E-state index contributed by atoms with van der Waals surface area (Å²) < 4.78 is 5.68.